The standard InChI is InChI=1S/C20H32O7/c1-5-8-9-10-15(22)11-12-16-17(13-27-14(4)21)20(16,18(23)25-6-2)19(24)26-7-3/h11-12,15-17,22H,5-10,13H2,1-4H3. The highest BCUT2D eigenvalue weighted by atomic mass is 16.6. The number of hydrogen-bond acceptors (Lipinski definition) is 7. The van der Waals surface area contributed by atoms with Gasteiger partial charge in [-0.2, -0.15) is 0 Å². The minimum Gasteiger partial charge on any atom is -0.466 e. The summed E-state index contributed by atoms with van der Waals surface area (Å²) in [6, 6.07) is 0. The Labute approximate surface area is 161 Å². The molecule has 0 bridgehead atoms. The zero-order valence-electron chi connectivity index (χ0n) is 16.7. The molecule has 7 heteroatoms. The molecule has 1 rings (SSSR count). The van der Waals surface area contributed by atoms with Crippen molar-refractivity contribution in [3.63, 3.8) is 0 Å². The lowest BCUT2D eigenvalue weighted by atomic mass is 10.0. The minimum atomic E-state index is -1.53. The average Bonchev–Trinajstić information content (AvgIpc) is 3.27. The summed E-state index contributed by atoms with van der Waals surface area (Å²) in [5.41, 5.74) is -1.53. The molecule has 0 radical (unpaired) electrons. The molecular weight excluding hydrogens is 352 g/mol. The van der Waals surface area contributed by atoms with Crippen LogP contribution in [-0.4, -0.2) is 48.9 Å². The lowest BCUT2D eigenvalue weighted by molar-refractivity contribution is -0.166. The number of aliphatic hydroxyl groups is 1. The summed E-state index contributed by atoms with van der Waals surface area (Å²) < 4.78 is 15.3. The van der Waals surface area contributed by atoms with Crippen molar-refractivity contribution in [2.45, 2.75) is 59.5 Å². The van der Waals surface area contributed by atoms with Gasteiger partial charge in [0.2, 0.25) is 0 Å². The van der Waals surface area contributed by atoms with Crippen molar-refractivity contribution in [3.05, 3.63) is 12.2 Å². The summed E-state index contributed by atoms with van der Waals surface area (Å²) in [5, 5.41) is 10.1. The van der Waals surface area contributed by atoms with Gasteiger partial charge in [-0.05, 0) is 20.3 Å². The molecule has 1 saturated carbocycles. The molecule has 1 aliphatic rings. The molecule has 0 heterocycles. The Morgan fingerprint density at radius 1 is 1.04 bits per heavy atom. The molecule has 0 spiro atoms. The van der Waals surface area contributed by atoms with Crippen LogP contribution in [0.2, 0.25) is 0 Å². The minimum absolute atomic E-state index is 0.0894. The summed E-state index contributed by atoms with van der Waals surface area (Å²) >= 11 is 0. The van der Waals surface area contributed by atoms with Crippen LogP contribution in [0.4, 0.5) is 0 Å². The fourth-order valence-corrected chi connectivity index (χ4v) is 3.32. The van der Waals surface area contributed by atoms with E-state index in [1.807, 2.05) is 0 Å². The Kier molecular flexibility index (Phi) is 9.49. The van der Waals surface area contributed by atoms with Gasteiger partial charge in [0.25, 0.3) is 0 Å². The van der Waals surface area contributed by atoms with E-state index in [4.69, 9.17) is 14.2 Å². The van der Waals surface area contributed by atoms with E-state index >= 15 is 0 Å². The van der Waals surface area contributed by atoms with Crippen LogP contribution in [0.15, 0.2) is 12.2 Å². The molecule has 0 aromatic heterocycles. The maximum absolute atomic E-state index is 12.6. The first-order valence-corrected chi connectivity index (χ1v) is 9.70. The second-order valence-corrected chi connectivity index (χ2v) is 6.69. The summed E-state index contributed by atoms with van der Waals surface area (Å²) in [4.78, 5) is 36.4. The Bertz CT molecular complexity index is 522. The van der Waals surface area contributed by atoms with Crippen molar-refractivity contribution in [3.8, 4) is 0 Å². The van der Waals surface area contributed by atoms with E-state index in [1.165, 1.54) is 6.92 Å². The molecule has 3 unspecified atom stereocenters. The van der Waals surface area contributed by atoms with Crippen molar-refractivity contribution in [2.24, 2.45) is 17.3 Å². The molecular formula is C20H32O7. The van der Waals surface area contributed by atoms with Crippen LogP contribution in [0.25, 0.3) is 0 Å². The van der Waals surface area contributed by atoms with Crippen LogP contribution in [0.5, 0.6) is 0 Å². The van der Waals surface area contributed by atoms with Crippen LogP contribution in [0, 0.1) is 17.3 Å². The first-order valence-electron chi connectivity index (χ1n) is 9.70. The third-order valence-electron chi connectivity index (χ3n) is 4.77. The highest BCUT2D eigenvalue weighted by molar-refractivity contribution is 6.05. The molecule has 1 aliphatic carbocycles. The van der Waals surface area contributed by atoms with Gasteiger partial charge in [0, 0.05) is 18.8 Å². The molecule has 1 fully saturated rings. The third kappa shape index (κ3) is 5.79. The number of carbonyl (C=O) groups is 3. The molecule has 1 N–H and O–H groups in total. The quantitative estimate of drug-likeness (QED) is 0.181. The van der Waals surface area contributed by atoms with Crippen molar-refractivity contribution in [2.75, 3.05) is 19.8 Å². The third-order valence-corrected chi connectivity index (χ3v) is 4.77. The average molecular weight is 384 g/mol. The zero-order chi connectivity index (χ0) is 20.4. The van der Waals surface area contributed by atoms with Gasteiger partial charge in [-0.3, -0.25) is 14.4 Å². The monoisotopic (exact) mass is 384 g/mol. The van der Waals surface area contributed by atoms with Crippen LogP contribution < -0.4 is 0 Å². The van der Waals surface area contributed by atoms with Crippen LogP contribution in [-0.2, 0) is 28.6 Å². The predicted octanol–water partition coefficient (Wildman–Crippen LogP) is 2.41. The molecule has 0 amide bonds. The molecule has 7 nitrogen and oxygen atoms in total. The zero-order valence-corrected chi connectivity index (χ0v) is 16.7. The maximum atomic E-state index is 12.6. The number of rotatable bonds is 12. The second-order valence-electron chi connectivity index (χ2n) is 6.69. The van der Waals surface area contributed by atoms with Crippen molar-refractivity contribution in [1.82, 2.24) is 0 Å². The Hall–Kier alpha value is -1.89. The number of unbranched alkanes of at least 4 members (excludes halogenated alkanes) is 2. The topological polar surface area (TPSA) is 99.1 Å². The number of aliphatic hydroxyl groups excluding tert-OH is 1. The highest BCUT2D eigenvalue weighted by Crippen LogP contribution is 2.61. The van der Waals surface area contributed by atoms with Gasteiger partial charge in [-0.25, -0.2) is 0 Å². The van der Waals surface area contributed by atoms with Crippen LogP contribution in [0.1, 0.15) is 53.4 Å². The molecule has 154 valence electrons. The number of allylic oxidation sites excluding steroid dienone is 1. The first kappa shape index (κ1) is 23.1. The molecule has 0 aliphatic heterocycles. The summed E-state index contributed by atoms with van der Waals surface area (Å²) in [5.74, 6) is -2.98. The van der Waals surface area contributed by atoms with Crippen molar-refractivity contribution < 1.29 is 33.7 Å². The fourth-order valence-electron chi connectivity index (χ4n) is 3.32. The highest BCUT2D eigenvalue weighted by Gasteiger charge is 2.76. The first-order chi connectivity index (χ1) is 12.9. The molecule has 3 atom stereocenters. The van der Waals surface area contributed by atoms with E-state index in [1.54, 1.807) is 26.0 Å². The van der Waals surface area contributed by atoms with Gasteiger partial charge in [0.1, 0.15) is 0 Å². The van der Waals surface area contributed by atoms with Gasteiger partial charge < -0.3 is 19.3 Å². The lowest BCUT2D eigenvalue weighted by Gasteiger charge is -2.15. The predicted molar refractivity (Wildman–Crippen MR) is 98.6 cm³/mol. The summed E-state index contributed by atoms with van der Waals surface area (Å²) in [7, 11) is 0. The van der Waals surface area contributed by atoms with Gasteiger partial charge in [0.05, 0.1) is 25.9 Å². The maximum Gasteiger partial charge on any atom is 0.324 e. The molecule has 27 heavy (non-hydrogen) atoms. The van der Waals surface area contributed by atoms with Gasteiger partial charge >= 0.3 is 17.9 Å². The van der Waals surface area contributed by atoms with E-state index in [0.717, 1.165) is 19.3 Å². The largest absolute Gasteiger partial charge is 0.466 e. The lowest BCUT2D eigenvalue weighted by Crippen LogP contribution is -2.34. The number of carbonyl (C=O) groups excluding carboxylic acids is 3. The fraction of sp³-hybridized carbons (Fsp3) is 0.750. The Morgan fingerprint density at radius 3 is 2.11 bits per heavy atom. The number of hydrogen-bond donors (Lipinski definition) is 1. The number of esters is 3. The smallest absolute Gasteiger partial charge is 0.324 e. The van der Waals surface area contributed by atoms with E-state index in [9.17, 15) is 19.5 Å². The molecule has 0 aromatic rings. The van der Waals surface area contributed by atoms with Gasteiger partial charge in [0.15, 0.2) is 5.41 Å². The normalized spacial score (nSPS) is 21.5. The SMILES string of the molecule is CCCCCC(O)C=CC1C(COC(C)=O)C1(C(=O)OCC)C(=O)OCC. The molecule has 0 saturated heterocycles. The van der Waals surface area contributed by atoms with E-state index < -0.39 is 41.3 Å². The van der Waals surface area contributed by atoms with E-state index in [0.29, 0.717) is 6.42 Å². The van der Waals surface area contributed by atoms with Crippen molar-refractivity contribution >= 4 is 17.9 Å². The molecule has 0 aromatic carbocycles. The van der Waals surface area contributed by atoms with E-state index in [2.05, 4.69) is 6.92 Å². The van der Waals surface area contributed by atoms with Crippen molar-refractivity contribution in [1.29, 1.82) is 0 Å². The van der Waals surface area contributed by atoms with E-state index in [-0.39, 0.29) is 19.8 Å². The summed E-state index contributed by atoms with van der Waals surface area (Å²) in [6.07, 6.45) is 6.17. The summed E-state index contributed by atoms with van der Waals surface area (Å²) in [6.45, 7) is 6.81. The van der Waals surface area contributed by atoms with Crippen LogP contribution in [0.3, 0.4) is 0 Å². The van der Waals surface area contributed by atoms with Gasteiger partial charge in [-0.15, -0.1) is 0 Å². The Balaban J connectivity index is 3.00. The number of ether oxygens (including phenoxy) is 3. The van der Waals surface area contributed by atoms with Gasteiger partial charge in [-0.1, -0.05) is 38.3 Å². The van der Waals surface area contributed by atoms with Crippen LogP contribution >= 0.6 is 0 Å². The Morgan fingerprint density at radius 2 is 1.63 bits per heavy atom. The second kappa shape index (κ2) is 11.1.